The van der Waals surface area contributed by atoms with Crippen molar-refractivity contribution in [3.63, 3.8) is 0 Å². The molecule has 4 aromatic rings. The SMILES string of the molecule is COc1ccc(Cn2c(CN3CCC[C@H](C(=O)N4CCN(c5cccc(Cl)c5)CC4)C3)nc3ccccc32)cc1. The smallest absolute Gasteiger partial charge is 0.227 e. The molecule has 1 amide bonds. The molecule has 0 aliphatic carbocycles. The summed E-state index contributed by atoms with van der Waals surface area (Å²) in [5, 5.41) is 0.746. The largest absolute Gasteiger partial charge is 0.497 e. The average molecular weight is 558 g/mol. The van der Waals surface area contributed by atoms with Gasteiger partial charge in [0.15, 0.2) is 0 Å². The molecule has 0 saturated carbocycles. The van der Waals surface area contributed by atoms with E-state index in [1.165, 1.54) is 5.56 Å². The van der Waals surface area contributed by atoms with Crippen molar-refractivity contribution >= 4 is 34.2 Å². The fourth-order valence-corrected chi connectivity index (χ4v) is 6.24. The van der Waals surface area contributed by atoms with Crippen molar-refractivity contribution in [1.82, 2.24) is 19.4 Å². The molecule has 2 saturated heterocycles. The molecule has 1 atom stereocenters. The number of anilines is 1. The Morgan fingerprint density at radius 3 is 2.52 bits per heavy atom. The number of methoxy groups -OCH3 is 1. The monoisotopic (exact) mass is 557 g/mol. The highest BCUT2D eigenvalue weighted by molar-refractivity contribution is 6.30. The van der Waals surface area contributed by atoms with Gasteiger partial charge in [-0.05, 0) is 67.4 Å². The number of nitrogens with zero attached hydrogens (tertiary/aromatic N) is 5. The summed E-state index contributed by atoms with van der Waals surface area (Å²) in [5.41, 5.74) is 4.47. The van der Waals surface area contributed by atoms with Crippen molar-refractivity contribution in [2.24, 2.45) is 5.92 Å². The van der Waals surface area contributed by atoms with Gasteiger partial charge in [0, 0.05) is 50.0 Å². The zero-order valence-corrected chi connectivity index (χ0v) is 23.8. The molecule has 2 aliphatic heterocycles. The van der Waals surface area contributed by atoms with Crippen LogP contribution < -0.4 is 9.64 Å². The number of imidazole rings is 1. The minimum Gasteiger partial charge on any atom is -0.497 e. The Kier molecular flexibility index (Phi) is 7.93. The van der Waals surface area contributed by atoms with Gasteiger partial charge in [-0.2, -0.15) is 0 Å². The second kappa shape index (κ2) is 11.9. The average Bonchev–Trinajstić information content (AvgIpc) is 3.33. The van der Waals surface area contributed by atoms with Crippen LogP contribution in [0.15, 0.2) is 72.8 Å². The van der Waals surface area contributed by atoms with Gasteiger partial charge in [-0.25, -0.2) is 4.98 Å². The van der Waals surface area contributed by atoms with Gasteiger partial charge in [0.2, 0.25) is 5.91 Å². The molecule has 0 unspecified atom stereocenters. The van der Waals surface area contributed by atoms with Crippen molar-refractivity contribution in [3.05, 3.63) is 89.2 Å². The minimum atomic E-state index is 0.0332. The number of hydrogen-bond donors (Lipinski definition) is 0. The third kappa shape index (κ3) is 5.81. The molecule has 0 N–H and O–H groups in total. The number of benzene rings is 3. The summed E-state index contributed by atoms with van der Waals surface area (Å²) in [6.45, 7) is 6.40. The van der Waals surface area contributed by atoms with Crippen LogP contribution >= 0.6 is 11.6 Å². The Balaban J connectivity index is 1.12. The molecule has 7 nitrogen and oxygen atoms in total. The summed E-state index contributed by atoms with van der Waals surface area (Å²) < 4.78 is 7.65. The number of carbonyl (C=O) groups excluding carboxylic acids is 1. The first-order chi connectivity index (χ1) is 19.6. The second-order valence-electron chi connectivity index (χ2n) is 10.8. The van der Waals surface area contributed by atoms with Crippen LogP contribution in [-0.4, -0.2) is 71.6 Å². The Bertz CT molecular complexity index is 1460. The summed E-state index contributed by atoms with van der Waals surface area (Å²) in [4.78, 5) is 25.4. The molecule has 3 aromatic carbocycles. The quantitative estimate of drug-likeness (QED) is 0.308. The molecular formula is C32H36ClN5O2. The van der Waals surface area contributed by atoms with Gasteiger partial charge in [-0.3, -0.25) is 9.69 Å². The summed E-state index contributed by atoms with van der Waals surface area (Å²) in [7, 11) is 1.69. The van der Waals surface area contributed by atoms with E-state index in [-0.39, 0.29) is 5.92 Å². The minimum absolute atomic E-state index is 0.0332. The van der Waals surface area contributed by atoms with Crippen LogP contribution in [0.2, 0.25) is 5.02 Å². The van der Waals surface area contributed by atoms with Crippen molar-refractivity contribution in [2.45, 2.75) is 25.9 Å². The number of amides is 1. The molecule has 0 bridgehead atoms. The molecule has 1 aromatic heterocycles. The van der Waals surface area contributed by atoms with Crippen molar-refractivity contribution < 1.29 is 9.53 Å². The number of piperidine rings is 1. The van der Waals surface area contributed by atoms with Crippen LogP contribution in [0.3, 0.4) is 0 Å². The predicted octanol–water partition coefficient (Wildman–Crippen LogP) is 5.31. The summed E-state index contributed by atoms with van der Waals surface area (Å²) in [6, 6.07) is 24.5. The summed E-state index contributed by atoms with van der Waals surface area (Å²) in [6.07, 6.45) is 1.98. The predicted molar refractivity (Wildman–Crippen MR) is 160 cm³/mol. The number of fused-ring (bicyclic) bond motifs is 1. The molecule has 6 rings (SSSR count). The maximum atomic E-state index is 13.6. The topological polar surface area (TPSA) is 53.8 Å². The first-order valence-corrected chi connectivity index (χ1v) is 14.5. The highest BCUT2D eigenvalue weighted by Gasteiger charge is 2.31. The number of rotatable bonds is 7. The number of ether oxygens (including phenoxy) is 1. The van der Waals surface area contributed by atoms with Crippen LogP contribution in [0.5, 0.6) is 5.75 Å². The molecule has 3 heterocycles. The number of hydrogen-bond acceptors (Lipinski definition) is 5. The number of piperazine rings is 1. The van der Waals surface area contributed by atoms with E-state index in [0.29, 0.717) is 5.91 Å². The number of para-hydroxylation sites is 2. The molecule has 40 heavy (non-hydrogen) atoms. The molecule has 0 radical (unpaired) electrons. The molecule has 2 fully saturated rings. The molecule has 0 spiro atoms. The first kappa shape index (κ1) is 26.7. The van der Waals surface area contributed by atoms with E-state index < -0.39 is 0 Å². The molecular weight excluding hydrogens is 522 g/mol. The lowest BCUT2D eigenvalue weighted by molar-refractivity contribution is -0.137. The third-order valence-electron chi connectivity index (χ3n) is 8.22. The molecule has 8 heteroatoms. The van der Waals surface area contributed by atoms with Crippen LogP contribution in [0.4, 0.5) is 5.69 Å². The highest BCUT2D eigenvalue weighted by atomic mass is 35.5. The van der Waals surface area contributed by atoms with Gasteiger partial charge in [0.05, 0.1) is 30.6 Å². The van der Waals surface area contributed by atoms with E-state index in [0.717, 1.165) is 98.5 Å². The number of halogens is 1. The van der Waals surface area contributed by atoms with Gasteiger partial charge >= 0.3 is 0 Å². The molecule has 2 aliphatic rings. The Morgan fingerprint density at radius 2 is 1.75 bits per heavy atom. The number of likely N-dealkylation sites (tertiary alicyclic amines) is 1. The second-order valence-corrected chi connectivity index (χ2v) is 11.3. The van der Waals surface area contributed by atoms with Gasteiger partial charge in [0.25, 0.3) is 0 Å². The van der Waals surface area contributed by atoms with Crippen molar-refractivity contribution in [2.75, 3.05) is 51.3 Å². The number of carbonyl (C=O) groups is 1. The standard InChI is InChI=1S/C32H36ClN5O2/c1-40-28-13-11-24(12-14-28)21-38-30-10-3-2-9-29(30)34-31(38)23-35-15-5-6-25(22-35)32(39)37-18-16-36(17-19-37)27-8-4-7-26(33)20-27/h2-4,7-14,20,25H,5-6,15-19,21-23H2,1H3/t25-/m0/s1. The zero-order valence-electron chi connectivity index (χ0n) is 23.0. The Labute approximate surface area is 240 Å². The first-order valence-electron chi connectivity index (χ1n) is 14.2. The van der Waals surface area contributed by atoms with Crippen LogP contribution in [0.25, 0.3) is 11.0 Å². The maximum absolute atomic E-state index is 13.6. The lowest BCUT2D eigenvalue weighted by atomic mass is 9.96. The lowest BCUT2D eigenvalue weighted by Crippen LogP contribution is -2.52. The maximum Gasteiger partial charge on any atom is 0.227 e. The summed E-state index contributed by atoms with van der Waals surface area (Å²) in [5.74, 6) is 2.22. The third-order valence-corrected chi connectivity index (χ3v) is 8.45. The van der Waals surface area contributed by atoms with Crippen LogP contribution in [0.1, 0.15) is 24.2 Å². The van der Waals surface area contributed by atoms with Crippen molar-refractivity contribution in [3.8, 4) is 5.75 Å². The highest BCUT2D eigenvalue weighted by Crippen LogP contribution is 2.26. The number of aromatic nitrogens is 2. The van der Waals surface area contributed by atoms with E-state index in [2.05, 4.69) is 55.7 Å². The van der Waals surface area contributed by atoms with Gasteiger partial charge in [0.1, 0.15) is 11.6 Å². The fourth-order valence-electron chi connectivity index (χ4n) is 6.05. The van der Waals surface area contributed by atoms with Gasteiger partial charge < -0.3 is 19.1 Å². The zero-order chi connectivity index (χ0) is 27.5. The normalized spacial score (nSPS) is 18.3. The van der Waals surface area contributed by atoms with Gasteiger partial charge in [-0.15, -0.1) is 0 Å². The van der Waals surface area contributed by atoms with E-state index in [9.17, 15) is 4.79 Å². The van der Waals surface area contributed by atoms with E-state index in [4.69, 9.17) is 21.3 Å². The van der Waals surface area contributed by atoms with Crippen LogP contribution in [-0.2, 0) is 17.9 Å². The van der Waals surface area contributed by atoms with E-state index in [1.54, 1.807) is 7.11 Å². The fraction of sp³-hybridized carbons (Fsp3) is 0.375. The van der Waals surface area contributed by atoms with Gasteiger partial charge in [-0.1, -0.05) is 41.9 Å². The Hall–Kier alpha value is -3.55. The lowest BCUT2D eigenvalue weighted by Gasteiger charge is -2.39. The van der Waals surface area contributed by atoms with Crippen LogP contribution in [0, 0.1) is 5.92 Å². The molecule has 208 valence electrons. The van der Waals surface area contributed by atoms with Crippen molar-refractivity contribution in [1.29, 1.82) is 0 Å². The van der Waals surface area contributed by atoms with E-state index in [1.807, 2.05) is 36.4 Å². The van der Waals surface area contributed by atoms with E-state index >= 15 is 0 Å². The Morgan fingerprint density at radius 1 is 0.950 bits per heavy atom. The summed E-state index contributed by atoms with van der Waals surface area (Å²) >= 11 is 6.19.